The topological polar surface area (TPSA) is 106 Å². The molecule has 198 valence electrons. The Hall–Kier alpha value is -3.90. The number of carbonyl (C=O) groups excluding carboxylic acids is 1. The lowest BCUT2D eigenvalue weighted by molar-refractivity contribution is -0.112. The van der Waals surface area contributed by atoms with Gasteiger partial charge >= 0.3 is 0 Å². The van der Waals surface area contributed by atoms with Crippen LogP contribution in [-0.4, -0.2) is 36.4 Å². The molecule has 0 unspecified atom stereocenters. The SMILES string of the molecule is COc1cc(C=C(C#N)C(=O)Nc2nnc(C3CCCCC3)s2)ccc1OCCOc1cc(C)ccc1C. The molecule has 1 heterocycles. The first-order chi connectivity index (χ1) is 18.5. The molecule has 1 aliphatic carbocycles. The van der Waals surface area contributed by atoms with Gasteiger partial charge in [0.05, 0.1) is 7.11 Å². The number of methoxy groups -OCH3 is 1. The molecule has 0 bridgehead atoms. The van der Waals surface area contributed by atoms with Gasteiger partial charge in [0.15, 0.2) is 11.5 Å². The van der Waals surface area contributed by atoms with Gasteiger partial charge in [-0.3, -0.25) is 10.1 Å². The number of nitriles is 1. The average Bonchev–Trinajstić information content (AvgIpc) is 3.40. The monoisotopic (exact) mass is 532 g/mol. The third kappa shape index (κ3) is 7.11. The molecule has 4 rings (SSSR count). The Balaban J connectivity index is 1.36. The minimum atomic E-state index is -0.526. The standard InChI is InChI=1S/C29H32N4O4S/c1-19-9-10-20(2)25(15-19)37-14-13-36-24-12-11-21(17-26(24)35-3)16-23(18-30)27(34)31-29-33-32-28(38-29)22-7-5-4-6-8-22/h9-12,15-17,22H,4-8,13-14H2,1-3H3,(H,31,33,34). The number of aryl methyl sites for hydroxylation is 2. The number of ether oxygens (including phenoxy) is 3. The summed E-state index contributed by atoms with van der Waals surface area (Å²) in [7, 11) is 1.54. The molecule has 0 atom stereocenters. The van der Waals surface area contributed by atoms with Gasteiger partial charge in [-0.2, -0.15) is 5.26 Å². The number of aromatic nitrogens is 2. The van der Waals surface area contributed by atoms with Crippen molar-refractivity contribution in [3.8, 4) is 23.3 Å². The van der Waals surface area contributed by atoms with Gasteiger partial charge < -0.3 is 14.2 Å². The van der Waals surface area contributed by atoms with Crippen molar-refractivity contribution in [2.45, 2.75) is 51.9 Å². The van der Waals surface area contributed by atoms with Gasteiger partial charge in [0, 0.05) is 5.92 Å². The lowest BCUT2D eigenvalue weighted by Gasteiger charge is -2.18. The van der Waals surface area contributed by atoms with Crippen molar-refractivity contribution >= 4 is 28.5 Å². The van der Waals surface area contributed by atoms with Crippen LogP contribution in [0.2, 0.25) is 0 Å². The molecule has 9 heteroatoms. The van der Waals surface area contributed by atoms with Gasteiger partial charge in [-0.15, -0.1) is 10.2 Å². The van der Waals surface area contributed by atoms with Crippen LogP contribution in [0.3, 0.4) is 0 Å². The number of rotatable bonds is 10. The minimum Gasteiger partial charge on any atom is -0.493 e. The molecule has 0 saturated heterocycles. The fourth-order valence-electron chi connectivity index (χ4n) is 4.34. The van der Waals surface area contributed by atoms with Crippen LogP contribution in [-0.2, 0) is 4.79 Å². The van der Waals surface area contributed by atoms with Crippen LogP contribution in [0.15, 0.2) is 42.0 Å². The van der Waals surface area contributed by atoms with Crippen LogP contribution < -0.4 is 19.5 Å². The van der Waals surface area contributed by atoms with E-state index in [4.69, 9.17) is 14.2 Å². The summed E-state index contributed by atoms with van der Waals surface area (Å²) in [6.45, 7) is 4.73. The Morgan fingerprint density at radius 3 is 2.55 bits per heavy atom. The van der Waals surface area contributed by atoms with E-state index in [2.05, 4.69) is 15.5 Å². The summed E-state index contributed by atoms with van der Waals surface area (Å²) < 4.78 is 17.2. The summed E-state index contributed by atoms with van der Waals surface area (Å²) in [4.78, 5) is 12.8. The highest BCUT2D eigenvalue weighted by Gasteiger charge is 2.21. The van der Waals surface area contributed by atoms with E-state index in [9.17, 15) is 10.1 Å². The van der Waals surface area contributed by atoms with Crippen LogP contribution in [0.4, 0.5) is 5.13 Å². The van der Waals surface area contributed by atoms with Gasteiger partial charge in [-0.25, -0.2) is 0 Å². The van der Waals surface area contributed by atoms with Gasteiger partial charge in [0.2, 0.25) is 5.13 Å². The van der Waals surface area contributed by atoms with Crippen molar-refractivity contribution in [1.82, 2.24) is 10.2 Å². The van der Waals surface area contributed by atoms with E-state index in [1.807, 2.05) is 38.1 Å². The largest absolute Gasteiger partial charge is 0.493 e. The van der Waals surface area contributed by atoms with E-state index in [1.165, 1.54) is 36.7 Å². The molecule has 0 aliphatic heterocycles. The van der Waals surface area contributed by atoms with Gasteiger partial charge in [-0.05, 0) is 67.7 Å². The van der Waals surface area contributed by atoms with E-state index >= 15 is 0 Å². The first kappa shape index (κ1) is 27.1. The predicted molar refractivity (Wildman–Crippen MR) is 148 cm³/mol. The fourth-order valence-corrected chi connectivity index (χ4v) is 5.25. The van der Waals surface area contributed by atoms with Crippen molar-refractivity contribution < 1.29 is 19.0 Å². The average molecular weight is 533 g/mol. The molecular weight excluding hydrogens is 500 g/mol. The van der Waals surface area contributed by atoms with Gasteiger partial charge in [0.1, 0.15) is 35.6 Å². The van der Waals surface area contributed by atoms with Crippen LogP contribution in [0.5, 0.6) is 17.2 Å². The predicted octanol–water partition coefficient (Wildman–Crippen LogP) is 6.21. The molecule has 2 aromatic carbocycles. The molecule has 0 spiro atoms. The molecule has 3 aromatic rings. The molecule has 1 aromatic heterocycles. The Morgan fingerprint density at radius 1 is 1.05 bits per heavy atom. The maximum atomic E-state index is 12.8. The van der Waals surface area contributed by atoms with E-state index in [0.717, 1.165) is 34.7 Å². The number of nitrogens with zero attached hydrogens (tertiary/aromatic N) is 3. The Bertz CT molecular complexity index is 1340. The van der Waals surface area contributed by atoms with Crippen LogP contribution in [0, 0.1) is 25.2 Å². The van der Waals surface area contributed by atoms with Crippen molar-refractivity contribution in [3.63, 3.8) is 0 Å². The fraction of sp³-hybridized carbons (Fsp3) is 0.379. The van der Waals surface area contributed by atoms with Gasteiger partial charge in [-0.1, -0.05) is 48.8 Å². The Labute approximate surface area is 227 Å². The first-order valence-electron chi connectivity index (χ1n) is 12.7. The van der Waals surface area contributed by atoms with E-state index in [0.29, 0.717) is 41.3 Å². The van der Waals surface area contributed by atoms with E-state index < -0.39 is 5.91 Å². The normalized spacial score (nSPS) is 14.0. The van der Waals surface area contributed by atoms with Crippen molar-refractivity contribution in [2.75, 3.05) is 25.6 Å². The number of carbonyl (C=O) groups is 1. The summed E-state index contributed by atoms with van der Waals surface area (Å²) >= 11 is 1.38. The zero-order valence-electron chi connectivity index (χ0n) is 22.0. The molecule has 1 fully saturated rings. The lowest BCUT2D eigenvalue weighted by Crippen LogP contribution is -2.13. The highest BCUT2D eigenvalue weighted by molar-refractivity contribution is 7.15. The summed E-state index contributed by atoms with van der Waals surface area (Å²) in [6, 6.07) is 13.3. The number of nitrogens with one attached hydrogen (secondary N) is 1. The second kappa shape index (κ2) is 13.1. The molecule has 1 aliphatic rings. The summed E-state index contributed by atoms with van der Waals surface area (Å²) in [5.41, 5.74) is 2.79. The number of anilines is 1. The smallest absolute Gasteiger partial charge is 0.268 e. The molecule has 1 saturated carbocycles. The number of benzene rings is 2. The highest BCUT2D eigenvalue weighted by Crippen LogP contribution is 2.35. The molecule has 1 amide bonds. The molecular formula is C29H32N4O4S. The van der Waals surface area contributed by atoms with Crippen molar-refractivity contribution in [2.24, 2.45) is 0 Å². The maximum Gasteiger partial charge on any atom is 0.268 e. The third-order valence-electron chi connectivity index (χ3n) is 6.42. The Kier molecular flexibility index (Phi) is 9.33. The van der Waals surface area contributed by atoms with E-state index in [-0.39, 0.29) is 5.57 Å². The quantitative estimate of drug-likeness (QED) is 0.188. The van der Waals surface area contributed by atoms with E-state index in [1.54, 1.807) is 25.3 Å². The maximum absolute atomic E-state index is 12.8. The Morgan fingerprint density at radius 2 is 1.82 bits per heavy atom. The summed E-state index contributed by atoms with van der Waals surface area (Å²) in [6.07, 6.45) is 7.37. The molecule has 8 nitrogen and oxygen atoms in total. The zero-order valence-corrected chi connectivity index (χ0v) is 22.8. The first-order valence-corrected chi connectivity index (χ1v) is 13.6. The number of hydrogen-bond acceptors (Lipinski definition) is 8. The number of hydrogen-bond donors (Lipinski definition) is 1. The second-order valence-electron chi connectivity index (χ2n) is 9.28. The van der Waals surface area contributed by atoms with Gasteiger partial charge in [0.25, 0.3) is 5.91 Å². The molecule has 38 heavy (non-hydrogen) atoms. The molecule has 0 radical (unpaired) electrons. The highest BCUT2D eigenvalue weighted by atomic mass is 32.1. The third-order valence-corrected chi connectivity index (χ3v) is 7.42. The lowest BCUT2D eigenvalue weighted by atomic mass is 9.90. The zero-order chi connectivity index (χ0) is 26.9. The summed E-state index contributed by atoms with van der Waals surface area (Å²) in [5, 5.41) is 22.1. The molecule has 1 N–H and O–H groups in total. The van der Waals surface area contributed by atoms with Crippen LogP contribution >= 0.6 is 11.3 Å². The summed E-state index contributed by atoms with van der Waals surface area (Å²) in [5.74, 6) is 1.75. The second-order valence-corrected chi connectivity index (χ2v) is 10.3. The van der Waals surface area contributed by atoms with Crippen LogP contribution in [0.25, 0.3) is 6.08 Å². The van der Waals surface area contributed by atoms with Crippen LogP contribution in [0.1, 0.15) is 59.7 Å². The van der Waals surface area contributed by atoms with Crippen molar-refractivity contribution in [3.05, 3.63) is 63.7 Å². The minimum absolute atomic E-state index is 0.0444. The number of amides is 1. The van der Waals surface area contributed by atoms with Crippen molar-refractivity contribution in [1.29, 1.82) is 5.26 Å².